The molecule has 0 aromatic carbocycles. The van der Waals surface area contributed by atoms with Crippen LogP contribution in [0.15, 0.2) is 0 Å². The molecule has 3 atom stereocenters. The zero-order valence-electron chi connectivity index (χ0n) is 16.2. The molecule has 0 aromatic rings. The first-order valence-electron chi connectivity index (χ1n) is 9.27. The predicted octanol–water partition coefficient (Wildman–Crippen LogP) is 2.78. The van der Waals surface area contributed by atoms with Gasteiger partial charge in [-0.3, -0.25) is 4.79 Å². The summed E-state index contributed by atoms with van der Waals surface area (Å²) in [7, 11) is 0. The van der Waals surface area contributed by atoms with E-state index < -0.39 is 30.1 Å². The van der Waals surface area contributed by atoms with Gasteiger partial charge in [0.15, 0.2) is 0 Å². The van der Waals surface area contributed by atoms with Gasteiger partial charge in [0.05, 0.1) is 13.2 Å². The van der Waals surface area contributed by atoms with Crippen LogP contribution in [0.1, 0.15) is 66.7 Å². The molecule has 7 heteroatoms. The average Bonchev–Trinajstić information content (AvgIpc) is 2.58. The molecule has 7 nitrogen and oxygen atoms in total. The number of carbonyl (C=O) groups is 3. The monoisotopic (exact) mass is 358 g/mol. The van der Waals surface area contributed by atoms with Gasteiger partial charge in [0.1, 0.15) is 12.1 Å². The topological polar surface area (TPSA) is 93.7 Å². The van der Waals surface area contributed by atoms with Crippen molar-refractivity contribution < 1.29 is 23.9 Å². The molecule has 0 rings (SSSR count). The maximum absolute atomic E-state index is 12.3. The molecular formula is C18H34N2O5. The number of hydrogen-bond acceptors (Lipinski definition) is 5. The van der Waals surface area contributed by atoms with E-state index in [1.807, 2.05) is 27.7 Å². The maximum atomic E-state index is 12.3. The first kappa shape index (κ1) is 23.2. The van der Waals surface area contributed by atoms with Crippen molar-refractivity contribution in [2.75, 3.05) is 13.2 Å². The van der Waals surface area contributed by atoms with Crippen LogP contribution < -0.4 is 10.6 Å². The Kier molecular flexibility index (Phi) is 12.5. The quantitative estimate of drug-likeness (QED) is 0.413. The van der Waals surface area contributed by atoms with Gasteiger partial charge >= 0.3 is 12.1 Å². The van der Waals surface area contributed by atoms with Crippen LogP contribution in [0.2, 0.25) is 0 Å². The first-order chi connectivity index (χ1) is 11.9. The zero-order valence-corrected chi connectivity index (χ0v) is 16.2. The molecule has 0 saturated heterocycles. The third-order valence-electron chi connectivity index (χ3n) is 3.97. The standard InChI is InChI=1S/C18H34N2O5/c1-6-9-11-24-17(22)15(13(4)8-3)20-16(21)14(5)19-18(23)25-12-10-7-2/h13-15H,6-12H2,1-5H3,(H,19,23)(H,20,21). The van der Waals surface area contributed by atoms with Crippen molar-refractivity contribution in [1.82, 2.24) is 10.6 Å². The Balaban J connectivity index is 4.58. The van der Waals surface area contributed by atoms with Crippen LogP contribution in [0, 0.1) is 5.92 Å². The predicted molar refractivity (Wildman–Crippen MR) is 96.1 cm³/mol. The van der Waals surface area contributed by atoms with Crippen molar-refractivity contribution in [2.24, 2.45) is 5.92 Å². The molecule has 0 aliphatic carbocycles. The summed E-state index contributed by atoms with van der Waals surface area (Å²) in [6.45, 7) is 10.0. The first-order valence-corrected chi connectivity index (χ1v) is 9.27. The summed E-state index contributed by atoms with van der Waals surface area (Å²) in [5.41, 5.74) is 0. The number of ether oxygens (including phenoxy) is 2. The van der Waals surface area contributed by atoms with E-state index in [0.717, 1.165) is 25.7 Å². The van der Waals surface area contributed by atoms with Crippen LogP contribution in [0.5, 0.6) is 0 Å². The van der Waals surface area contributed by atoms with Gasteiger partial charge in [-0.05, 0) is 25.7 Å². The number of unbranched alkanes of at least 4 members (excludes halogenated alkanes) is 2. The summed E-state index contributed by atoms with van der Waals surface area (Å²) in [5.74, 6) is -0.944. The second kappa shape index (κ2) is 13.5. The van der Waals surface area contributed by atoms with Crippen LogP contribution in [0.3, 0.4) is 0 Å². The van der Waals surface area contributed by atoms with Crippen molar-refractivity contribution >= 4 is 18.0 Å². The Morgan fingerprint density at radius 2 is 1.44 bits per heavy atom. The largest absolute Gasteiger partial charge is 0.464 e. The average molecular weight is 358 g/mol. The third-order valence-corrected chi connectivity index (χ3v) is 3.97. The van der Waals surface area contributed by atoms with Gasteiger partial charge in [-0.1, -0.05) is 47.0 Å². The highest BCUT2D eigenvalue weighted by atomic mass is 16.5. The highest BCUT2D eigenvalue weighted by molar-refractivity contribution is 5.89. The fourth-order valence-corrected chi connectivity index (χ4v) is 1.95. The molecule has 0 aromatic heterocycles. The molecule has 0 radical (unpaired) electrons. The minimum Gasteiger partial charge on any atom is -0.464 e. The van der Waals surface area contributed by atoms with E-state index in [-0.39, 0.29) is 5.92 Å². The SMILES string of the molecule is CCCCOC(=O)NC(C)C(=O)NC(C(=O)OCCCC)C(C)CC. The number of nitrogens with one attached hydrogen (secondary N) is 2. The number of hydrogen-bond donors (Lipinski definition) is 2. The highest BCUT2D eigenvalue weighted by Crippen LogP contribution is 2.10. The van der Waals surface area contributed by atoms with E-state index in [2.05, 4.69) is 10.6 Å². The molecule has 2 amide bonds. The maximum Gasteiger partial charge on any atom is 0.407 e. The van der Waals surface area contributed by atoms with Gasteiger partial charge in [0.2, 0.25) is 5.91 Å². The van der Waals surface area contributed by atoms with Crippen LogP contribution in [0.25, 0.3) is 0 Å². The molecule has 0 heterocycles. The van der Waals surface area contributed by atoms with Crippen LogP contribution in [0.4, 0.5) is 4.79 Å². The van der Waals surface area contributed by atoms with Crippen LogP contribution >= 0.6 is 0 Å². The van der Waals surface area contributed by atoms with Crippen molar-refractivity contribution in [3.05, 3.63) is 0 Å². The molecule has 146 valence electrons. The lowest BCUT2D eigenvalue weighted by molar-refractivity contribution is -0.149. The second-order valence-electron chi connectivity index (χ2n) is 6.25. The van der Waals surface area contributed by atoms with E-state index in [9.17, 15) is 14.4 Å². The van der Waals surface area contributed by atoms with Crippen LogP contribution in [-0.4, -0.2) is 43.3 Å². The second-order valence-corrected chi connectivity index (χ2v) is 6.25. The fraction of sp³-hybridized carbons (Fsp3) is 0.833. The molecule has 25 heavy (non-hydrogen) atoms. The Morgan fingerprint density at radius 1 is 0.880 bits per heavy atom. The molecule has 0 aliphatic rings. The third kappa shape index (κ3) is 9.94. The highest BCUT2D eigenvalue weighted by Gasteiger charge is 2.29. The van der Waals surface area contributed by atoms with E-state index >= 15 is 0 Å². The molecule has 2 N–H and O–H groups in total. The van der Waals surface area contributed by atoms with E-state index in [1.165, 1.54) is 0 Å². The Hall–Kier alpha value is -1.79. The van der Waals surface area contributed by atoms with E-state index in [0.29, 0.717) is 19.6 Å². The molecular weight excluding hydrogens is 324 g/mol. The number of carbonyl (C=O) groups excluding carboxylic acids is 3. The lowest BCUT2D eigenvalue weighted by Crippen LogP contribution is -2.52. The fourth-order valence-electron chi connectivity index (χ4n) is 1.95. The summed E-state index contributed by atoms with van der Waals surface area (Å²) in [5, 5.41) is 5.15. The lowest BCUT2D eigenvalue weighted by atomic mass is 9.99. The van der Waals surface area contributed by atoms with Gasteiger partial charge in [-0.2, -0.15) is 0 Å². The van der Waals surface area contributed by atoms with Crippen LogP contribution in [-0.2, 0) is 19.1 Å². The number of amides is 2. The van der Waals surface area contributed by atoms with Gasteiger partial charge < -0.3 is 20.1 Å². The van der Waals surface area contributed by atoms with Crippen molar-refractivity contribution in [1.29, 1.82) is 0 Å². The molecule has 3 unspecified atom stereocenters. The minimum absolute atomic E-state index is 0.0678. The number of esters is 1. The molecule has 0 bridgehead atoms. The summed E-state index contributed by atoms with van der Waals surface area (Å²) in [4.78, 5) is 36.1. The summed E-state index contributed by atoms with van der Waals surface area (Å²) < 4.78 is 10.2. The van der Waals surface area contributed by atoms with Gasteiger partial charge in [0, 0.05) is 0 Å². The Bertz CT molecular complexity index is 414. The Labute approximate surface area is 151 Å². The number of alkyl carbamates (subject to hydrolysis) is 1. The smallest absolute Gasteiger partial charge is 0.407 e. The minimum atomic E-state index is -0.802. The normalized spacial score (nSPS) is 14.1. The Morgan fingerprint density at radius 3 is 1.96 bits per heavy atom. The molecule has 0 fully saturated rings. The molecule has 0 spiro atoms. The van der Waals surface area contributed by atoms with Crippen molar-refractivity contribution in [3.8, 4) is 0 Å². The summed E-state index contributed by atoms with van der Waals surface area (Å²) >= 11 is 0. The summed E-state index contributed by atoms with van der Waals surface area (Å²) in [6, 6.07) is -1.53. The molecule has 0 saturated carbocycles. The molecule has 0 aliphatic heterocycles. The number of rotatable bonds is 12. The zero-order chi connectivity index (χ0) is 19.2. The van der Waals surface area contributed by atoms with Gasteiger partial charge in [-0.15, -0.1) is 0 Å². The van der Waals surface area contributed by atoms with E-state index in [4.69, 9.17) is 9.47 Å². The van der Waals surface area contributed by atoms with E-state index in [1.54, 1.807) is 6.92 Å². The summed E-state index contributed by atoms with van der Waals surface area (Å²) in [6.07, 6.45) is 3.48. The lowest BCUT2D eigenvalue weighted by Gasteiger charge is -2.24. The van der Waals surface area contributed by atoms with Gasteiger partial charge in [0.25, 0.3) is 0 Å². The van der Waals surface area contributed by atoms with Gasteiger partial charge in [-0.25, -0.2) is 9.59 Å². The van der Waals surface area contributed by atoms with Crippen molar-refractivity contribution in [2.45, 2.75) is 78.8 Å². The van der Waals surface area contributed by atoms with Crippen molar-refractivity contribution in [3.63, 3.8) is 0 Å².